The van der Waals surface area contributed by atoms with Crippen molar-refractivity contribution >= 4 is 5.97 Å². The lowest BCUT2D eigenvalue weighted by Gasteiger charge is -2.04. The van der Waals surface area contributed by atoms with E-state index in [1.807, 2.05) is 13.0 Å². The Morgan fingerprint density at radius 1 is 1.75 bits per heavy atom. The molecule has 0 aromatic carbocycles. The highest BCUT2D eigenvalue weighted by Gasteiger charge is 2.15. The molecule has 0 radical (unpaired) electrons. The maximum Gasteiger partial charge on any atom is 0.335 e. The summed E-state index contributed by atoms with van der Waals surface area (Å²) in [5, 5.41) is 8.80. The molecule has 0 bridgehead atoms. The Hall–Kier alpha value is -1.25. The highest BCUT2D eigenvalue weighted by Crippen LogP contribution is 2.21. The number of allylic oxidation sites excluding steroid dienone is 1. The van der Waals surface area contributed by atoms with Crippen molar-refractivity contribution in [1.82, 2.24) is 0 Å². The lowest BCUT2D eigenvalue weighted by atomic mass is 10.1. The third kappa shape index (κ3) is 1.87. The Morgan fingerprint density at radius 3 is 2.92 bits per heavy atom. The van der Waals surface area contributed by atoms with Crippen LogP contribution in [-0.2, 0) is 9.53 Å². The van der Waals surface area contributed by atoms with Crippen molar-refractivity contribution in [3.63, 3.8) is 0 Å². The van der Waals surface area contributed by atoms with E-state index >= 15 is 0 Å². The van der Waals surface area contributed by atoms with Gasteiger partial charge in [-0.15, -0.1) is 0 Å². The second-order valence-electron chi connectivity index (χ2n) is 2.65. The van der Waals surface area contributed by atoms with Crippen molar-refractivity contribution in [2.75, 3.05) is 0 Å². The molecular formula is C9H12O3. The smallest absolute Gasteiger partial charge is 0.335 e. The zero-order valence-corrected chi connectivity index (χ0v) is 7.04. The Bertz CT molecular complexity index is 228. The van der Waals surface area contributed by atoms with Crippen LogP contribution >= 0.6 is 0 Å². The van der Waals surface area contributed by atoms with E-state index in [1.54, 1.807) is 0 Å². The fourth-order valence-corrected chi connectivity index (χ4v) is 1.14. The first-order chi connectivity index (χ1) is 5.75. The van der Waals surface area contributed by atoms with Crippen LogP contribution in [0.2, 0.25) is 0 Å². The van der Waals surface area contributed by atoms with Gasteiger partial charge in [-0.3, -0.25) is 0 Å². The van der Waals surface area contributed by atoms with Gasteiger partial charge in [0.25, 0.3) is 0 Å². The lowest BCUT2D eigenvalue weighted by Crippen LogP contribution is -2.04. The summed E-state index contributed by atoms with van der Waals surface area (Å²) in [6.07, 6.45) is 5.37. The predicted molar refractivity (Wildman–Crippen MR) is 44.4 cm³/mol. The van der Waals surface area contributed by atoms with E-state index in [4.69, 9.17) is 9.84 Å². The number of hydrogen-bond acceptors (Lipinski definition) is 2. The summed E-state index contributed by atoms with van der Waals surface area (Å²) in [6.45, 7) is 1.95. The Balaban J connectivity index is 2.76. The molecule has 0 aliphatic carbocycles. The predicted octanol–water partition coefficient (Wildman–Crippen LogP) is 2.06. The third-order valence-electron chi connectivity index (χ3n) is 1.70. The first-order valence-corrected chi connectivity index (χ1v) is 4.02. The van der Waals surface area contributed by atoms with Crippen molar-refractivity contribution in [1.29, 1.82) is 0 Å². The Kier molecular flexibility index (Phi) is 2.91. The van der Waals surface area contributed by atoms with Crippen LogP contribution in [0.5, 0.6) is 0 Å². The minimum Gasteiger partial charge on any atom is -0.478 e. The molecule has 0 amide bonds. The highest BCUT2D eigenvalue weighted by atomic mass is 16.5. The molecule has 0 spiro atoms. The molecule has 1 N–H and O–H groups in total. The quantitative estimate of drug-likeness (QED) is 0.656. The summed E-state index contributed by atoms with van der Waals surface area (Å²) in [6, 6.07) is 0. The van der Waals surface area contributed by atoms with E-state index in [9.17, 15) is 4.79 Å². The zero-order chi connectivity index (χ0) is 8.97. The standard InChI is InChI=1S/C9H12O3/c1-2-4-7(9(10)11)8-5-3-6-12-8/h3,6H,2,4-5H2,1H3,(H,10,11). The molecule has 3 heteroatoms. The molecule has 1 heterocycles. The van der Waals surface area contributed by atoms with E-state index in [0.717, 1.165) is 6.42 Å². The minimum atomic E-state index is -0.865. The van der Waals surface area contributed by atoms with Gasteiger partial charge in [-0.2, -0.15) is 0 Å². The SMILES string of the molecule is CCCC(C(=O)O)=C1CC=CO1. The first kappa shape index (κ1) is 8.84. The van der Waals surface area contributed by atoms with Crippen LogP contribution in [0.15, 0.2) is 23.7 Å². The normalized spacial score (nSPS) is 19.1. The van der Waals surface area contributed by atoms with Crippen molar-refractivity contribution in [2.45, 2.75) is 26.2 Å². The van der Waals surface area contributed by atoms with E-state index in [1.165, 1.54) is 6.26 Å². The van der Waals surface area contributed by atoms with Crippen molar-refractivity contribution in [2.24, 2.45) is 0 Å². The van der Waals surface area contributed by atoms with Crippen LogP contribution in [0.4, 0.5) is 0 Å². The van der Waals surface area contributed by atoms with Gasteiger partial charge in [0.15, 0.2) is 0 Å². The number of carbonyl (C=O) groups is 1. The van der Waals surface area contributed by atoms with Crippen LogP contribution in [-0.4, -0.2) is 11.1 Å². The number of hydrogen-bond donors (Lipinski definition) is 1. The van der Waals surface area contributed by atoms with E-state index in [-0.39, 0.29) is 0 Å². The fourth-order valence-electron chi connectivity index (χ4n) is 1.14. The van der Waals surface area contributed by atoms with Crippen molar-refractivity contribution in [3.05, 3.63) is 23.7 Å². The van der Waals surface area contributed by atoms with Crippen LogP contribution < -0.4 is 0 Å². The molecule has 0 unspecified atom stereocenters. The highest BCUT2D eigenvalue weighted by molar-refractivity contribution is 5.87. The summed E-state index contributed by atoms with van der Waals surface area (Å²) in [5.74, 6) is -0.278. The lowest BCUT2D eigenvalue weighted by molar-refractivity contribution is -0.133. The first-order valence-electron chi connectivity index (χ1n) is 4.02. The molecule has 66 valence electrons. The van der Waals surface area contributed by atoms with Crippen molar-refractivity contribution < 1.29 is 14.6 Å². The monoisotopic (exact) mass is 168 g/mol. The topological polar surface area (TPSA) is 46.5 Å². The molecule has 0 fully saturated rings. The average molecular weight is 168 g/mol. The zero-order valence-electron chi connectivity index (χ0n) is 7.04. The molecule has 1 aliphatic heterocycles. The van der Waals surface area contributed by atoms with Gasteiger partial charge in [-0.25, -0.2) is 4.79 Å². The van der Waals surface area contributed by atoms with Crippen molar-refractivity contribution in [3.8, 4) is 0 Å². The minimum absolute atomic E-state index is 0.405. The van der Waals surface area contributed by atoms with Crippen LogP contribution in [0.1, 0.15) is 26.2 Å². The molecule has 3 nitrogen and oxygen atoms in total. The van der Waals surface area contributed by atoms with Crippen LogP contribution in [0, 0.1) is 0 Å². The second-order valence-corrected chi connectivity index (χ2v) is 2.65. The van der Waals surface area contributed by atoms with Gasteiger partial charge in [-0.1, -0.05) is 13.3 Å². The number of ether oxygens (including phenoxy) is 1. The maximum atomic E-state index is 10.7. The molecule has 1 aliphatic rings. The summed E-state index contributed by atoms with van der Waals surface area (Å²) < 4.78 is 5.05. The largest absolute Gasteiger partial charge is 0.478 e. The van der Waals surface area contributed by atoms with E-state index in [0.29, 0.717) is 24.2 Å². The van der Waals surface area contributed by atoms with Gasteiger partial charge in [-0.05, 0) is 12.5 Å². The molecular weight excluding hydrogens is 156 g/mol. The van der Waals surface area contributed by atoms with Crippen LogP contribution in [0.25, 0.3) is 0 Å². The van der Waals surface area contributed by atoms with Gasteiger partial charge in [0.1, 0.15) is 5.76 Å². The molecule has 0 saturated heterocycles. The second kappa shape index (κ2) is 3.95. The summed E-state index contributed by atoms with van der Waals surface area (Å²) in [7, 11) is 0. The van der Waals surface area contributed by atoms with Gasteiger partial charge in [0.05, 0.1) is 11.8 Å². The third-order valence-corrected chi connectivity index (χ3v) is 1.70. The molecule has 0 aromatic rings. The van der Waals surface area contributed by atoms with Gasteiger partial charge in [0, 0.05) is 6.42 Å². The van der Waals surface area contributed by atoms with E-state index in [2.05, 4.69) is 0 Å². The fraction of sp³-hybridized carbons (Fsp3) is 0.444. The van der Waals surface area contributed by atoms with Gasteiger partial charge in [0.2, 0.25) is 0 Å². The summed E-state index contributed by atoms with van der Waals surface area (Å²) in [5.41, 5.74) is 0.405. The number of aliphatic carboxylic acids is 1. The van der Waals surface area contributed by atoms with E-state index < -0.39 is 5.97 Å². The molecule has 0 atom stereocenters. The molecule has 0 aromatic heterocycles. The van der Waals surface area contributed by atoms with Crippen LogP contribution in [0.3, 0.4) is 0 Å². The molecule has 12 heavy (non-hydrogen) atoms. The number of carboxylic acid groups (broad SMARTS) is 1. The average Bonchev–Trinajstić information content (AvgIpc) is 2.51. The number of rotatable bonds is 3. The van der Waals surface area contributed by atoms with Gasteiger partial charge < -0.3 is 9.84 Å². The molecule has 1 rings (SSSR count). The summed E-state index contributed by atoms with van der Waals surface area (Å²) in [4.78, 5) is 10.7. The summed E-state index contributed by atoms with van der Waals surface area (Å²) >= 11 is 0. The van der Waals surface area contributed by atoms with Gasteiger partial charge >= 0.3 is 5.97 Å². The Labute approximate surface area is 71.3 Å². The number of carboxylic acids is 1. The Morgan fingerprint density at radius 2 is 2.50 bits per heavy atom. The molecule has 0 saturated carbocycles. The maximum absolute atomic E-state index is 10.7.